The van der Waals surface area contributed by atoms with E-state index in [9.17, 15) is 28.2 Å². The van der Waals surface area contributed by atoms with E-state index in [0.29, 0.717) is 24.1 Å². The highest BCUT2D eigenvalue weighted by Crippen LogP contribution is 2.48. The minimum absolute atomic E-state index is 0.0540. The predicted octanol–water partition coefficient (Wildman–Crippen LogP) is 4.49. The topological polar surface area (TPSA) is 110 Å². The number of aromatic nitrogens is 3. The third kappa shape index (κ3) is 5.74. The van der Waals surface area contributed by atoms with Crippen LogP contribution >= 0.6 is 11.8 Å². The highest BCUT2D eigenvalue weighted by molar-refractivity contribution is 7.98. The molecule has 1 saturated heterocycles. The number of hydrogen-bond acceptors (Lipinski definition) is 9. The molecule has 0 radical (unpaired) electrons. The van der Waals surface area contributed by atoms with Crippen molar-refractivity contribution in [3.63, 3.8) is 0 Å². The second kappa shape index (κ2) is 11.2. The maximum atomic E-state index is 12.9. The number of ether oxygens (including phenoxy) is 2. The lowest BCUT2D eigenvalue weighted by molar-refractivity contribution is -0.189. The molecular formula is C25H27F3N4O5S. The Bertz CT molecular complexity index is 1310. The number of carbonyl (C=O) groups excluding carboxylic acids is 1. The number of hydrogen-bond donors (Lipinski definition) is 2. The maximum absolute atomic E-state index is 12.9. The summed E-state index contributed by atoms with van der Waals surface area (Å²) in [5, 5.41) is 30.3. The fourth-order valence-corrected chi connectivity index (χ4v) is 4.59. The molecule has 0 aliphatic carbocycles. The second-order valence-electron chi connectivity index (χ2n) is 8.98. The molecular weight excluding hydrogens is 525 g/mol. The monoisotopic (exact) mass is 552 g/mol. The molecule has 1 aromatic heterocycles. The van der Waals surface area contributed by atoms with Crippen molar-refractivity contribution in [3.8, 4) is 34.3 Å². The largest absolute Gasteiger partial charge is 0.504 e. The summed E-state index contributed by atoms with van der Waals surface area (Å²) in [7, 11) is 0. The lowest BCUT2D eigenvalue weighted by Crippen LogP contribution is -2.35. The fourth-order valence-electron chi connectivity index (χ4n) is 4.09. The number of alkyl halides is 3. The number of rotatable bonds is 7. The first-order valence-electron chi connectivity index (χ1n) is 11.8. The number of carbonyl (C=O) groups is 1. The standard InChI is InChI=1S/C25H27F3N4O5S/c1-14(2)17-12-18(20(34)21(19(17)33)37-23(35)25(26,27)28)22-29-30-24(38-3)32(22)16-6-4-15(5-7-16)13-31-8-10-36-11-9-31/h4-7,12,14,33-34H,8-11,13H2,1-3H3. The molecule has 4 rings (SSSR count). The first-order chi connectivity index (χ1) is 18.0. The summed E-state index contributed by atoms with van der Waals surface area (Å²) >= 11 is 1.28. The molecule has 2 N–H and O–H groups in total. The number of benzene rings is 2. The number of phenolic OH excluding ortho intramolecular Hbond substituents is 2. The molecule has 1 aliphatic rings. The van der Waals surface area contributed by atoms with Crippen molar-refractivity contribution in [2.75, 3.05) is 32.6 Å². The lowest BCUT2D eigenvalue weighted by Gasteiger charge is -2.26. The van der Waals surface area contributed by atoms with Gasteiger partial charge in [-0.15, -0.1) is 10.2 Å². The molecule has 0 amide bonds. The average molecular weight is 553 g/mol. The van der Waals surface area contributed by atoms with E-state index in [0.717, 1.165) is 25.2 Å². The number of aromatic hydroxyl groups is 2. The molecule has 3 aromatic rings. The molecule has 2 heterocycles. The predicted molar refractivity (Wildman–Crippen MR) is 134 cm³/mol. The van der Waals surface area contributed by atoms with E-state index in [1.165, 1.54) is 17.8 Å². The average Bonchev–Trinajstić information content (AvgIpc) is 3.30. The van der Waals surface area contributed by atoms with E-state index < -0.39 is 35.3 Å². The highest BCUT2D eigenvalue weighted by Gasteiger charge is 2.43. The minimum atomic E-state index is -5.33. The molecule has 13 heteroatoms. The summed E-state index contributed by atoms with van der Waals surface area (Å²) in [6.07, 6.45) is -3.55. The quantitative estimate of drug-likeness (QED) is 0.249. The molecule has 1 fully saturated rings. The summed E-state index contributed by atoms with van der Waals surface area (Å²) in [6.45, 7) is 7.19. The number of esters is 1. The minimum Gasteiger partial charge on any atom is -0.504 e. The zero-order valence-electron chi connectivity index (χ0n) is 20.9. The van der Waals surface area contributed by atoms with Gasteiger partial charge in [-0.1, -0.05) is 37.7 Å². The van der Waals surface area contributed by atoms with Crippen LogP contribution in [0.3, 0.4) is 0 Å². The van der Waals surface area contributed by atoms with Gasteiger partial charge in [-0.3, -0.25) is 9.47 Å². The van der Waals surface area contributed by atoms with Gasteiger partial charge in [-0.05, 0) is 35.9 Å². The number of thioether (sulfide) groups is 1. The zero-order valence-corrected chi connectivity index (χ0v) is 21.8. The van der Waals surface area contributed by atoms with E-state index in [4.69, 9.17) is 4.74 Å². The van der Waals surface area contributed by atoms with Crippen LogP contribution in [0.5, 0.6) is 17.2 Å². The van der Waals surface area contributed by atoms with Crippen LogP contribution in [0.2, 0.25) is 0 Å². The Hall–Kier alpha value is -3.29. The van der Waals surface area contributed by atoms with Crippen LogP contribution in [0.15, 0.2) is 35.5 Å². The smallest absolute Gasteiger partial charge is 0.491 e. The summed E-state index contributed by atoms with van der Waals surface area (Å²) in [4.78, 5) is 13.8. The Balaban J connectivity index is 1.78. The summed E-state index contributed by atoms with van der Waals surface area (Å²) < 4.78 is 50.2. The molecule has 204 valence electrons. The Kier molecular flexibility index (Phi) is 8.19. The van der Waals surface area contributed by atoms with E-state index in [1.54, 1.807) is 24.7 Å². The van der Waals surface area contributed by atoms with Gasteiger partial charge in [0.05, 0.1) is 18.8 Å². The number of nitrogens with zero attached hydrogens (tertiary/aromatic N) is 4. The van der Waals surface area contributed by atoms with E-state index >= 15 is 0 Å². The van der Waals surface area contributed by atoms with Crippen LogP contribution in [0.4, 0.5) is 13.2 Å². The fraction of sp³-hybridized carbons (Fsp3) is 0.400. The molecule has 2 aromatic carbocycles. The van der Waals surface area contributed by atoms with Gasteiger partial charge in [0.15, 0.2) is 22.5 Å². The third-order valence-corrected chi connectivity index (χ3v) is 6.70. The number of halogens is 3. The van der Waals surface area contributed by atoms with Gasteiger partial charge in [-0.25, -0.2) is 4.79 Å². The molecule has 0 unspecified atom stereocenters. The third-order valence-electron chi connectivity index (χ3n) is 6.07. The number of morpholine rings is 1. The van der Waals surface area contributed by atoms with E-state index in [2.05, 4.69) is 19.8 Å². The van der Waals surface area contributed by atoms with Gasteiger partial charge in [0.1, 0.15) is 0 Å². The first kappa shape index (κ1) is 27.7. The summed E-state index contributed by atoms with van der Waals surface area (Å²) in [6, 6.07) is 9.01. The van der Waals surface area contributed by atoms with E-state index in [-0.39, 0.29) is 17.0 Å². The van der Waals surface area contributed by atoms with Gasteiger partial charge < -0.3 is 19.7 Å². The van der Waals surface area contributed by atoms with Crippen molar-refractivity contribution in [1.29, 1.82) is 0 Å². The number of phenols is 2. The van der Waals surface area contributed by atoms with Crippen LogP contribution in [-0.4, -0.2) is 74.6 Å². The van der Waals surface area contributed by atoms with Gasteiger partial charge in [0, 0.05) is 30.9 Å². The van der Waals surface area contributed by atoms with Crippen molar-refractivity contribution >= 4 is 17.7 Å². The highest BCUT2D eigenvalue weighted by atomic mass is 32.2. The molecule has 38 heavy (non-hydrogen) atoms. The molecule has 0 spiro atoms. The van der Waals surface area contributed by atoms with Crippen LogP contribution in [0.1, 0.15) is 30.9 Å². The Labute approximate surface area is 221 Å². The Morgan fingerprint density at radius 3 is 2.37 bits per heavy atom. The van der Waals surface area contributed by atoms with Crippen molar-refractivity contribution < 1.29 is 37.7 Å². The van der Waals surface area contributed by atoms with Crippen molar-refractivity contribution in [1.82, 2.24) is 19.7 Å². The zero-order chi connectivity index (χ0) is 27.6. The normalized spacial score (nSPS) is 14.7. The Morgan fingerprint density at radius 1 is 1.13 bits per heavy atom. The first-order valence-corrected chi connectivity index (χ1v) is 13.0. The van der Waals surface area contributed by atoms with Crippen LogP contribution in [-0.2, 0) is 16.1 Å². The maximum Gasteiger partial charge on any atom is 0.491 e. The van der Waals surface area contributed by atoms with Crippen LogP contribution in [0, 0.1) is 0 Å². The Morgan fingerprint density at radius 2 is 1.79 bits per heavy atom. The van der Waals surface area contributed by atoms with Crippen molar-refractivity contribution in [3.05, 3.63) is 41.5 Å². The van der Waals surface area contributed by atoms with Gasteiger partial charge >= 0.3 is 12.1 Å². The molecule has 0 saturated carbocycles. The van der Waals surface area contributed by atoms with Crippen molar-refractivity contribution in [2.45, 2.75) is 37.6 Å². The van der Waals surface area contributed by atoms with Crippen LogP contribution < -0.4 is 4.74 Å². The van der Waals surface area contributed by atoms with Gasteiger partial charge in [-0.2, -0.15) is 13.2 Å². The molecule has 9 nitrogen and oxygen atoms in total. The second-order valence-corrected chi connectivity index (χ2v) is 9.76. The van der Waals surface area contributed by atoms with Crippen LogP contribution in [0.25, 0.3) is 17.1 Å². The van der Waals surface area contributed by atoms with Gasteiger partial charge in [0.25, 0.3) is 0 Å². The van der Waals surface area contributed by atoms with Crippen molar-refractivity contribution in [2.24, 2.45) is 0 Å². The SMILES string of the molecule is CSc1nnc(-c2cc(C(C)C)c(O)c(OC(=O)C(F)(F)F)c2O)n1-c1ccc(CN2CCOCC2)cc1. The van der Waals surface area contributed by atoms with E-state index in [1.807, 2.05) is 24.3 Å². The van der Waals surface area contributed by atoms with Gasteiger partial charge in [0.2, 0.25) is 5.75 Å². The molecule has 1 aliphatic heterocycles. The molecule has 0 bridgehead atoms. The molecule has 0 atom stereocenters. The summed E-state index contributed by atoms with van der Waals surface area (Å²) in [5.41, 5.74) is 1.82. The lowest BCUT2D eigenvalue weighted by atomic mass is 9.97. The summed E-state index contributed by atoms with van der Waals surface area (Å²) in [5.74, 6) is -5.49.